The van der Waals surface area contributed by atoms with Crippen LogP contribution in [0.2, 0.25) is 0 Å². The molecule has 0 saturated carbocycles. The molecule has 0 spiro atoms. The summed E-state index contributed by atoms with van der Waals surface area (Å²) in [6.45, 7) is 1.08. The second-order valence-corrected chi connectivity index (χ2v) is 8.14. The van der Waals surface area contributed by atoms with Gasteiger partial charge in [0.15, 0.2) is 12.6 Å². The third-order valence-corrected chi connectivity index (χ3v) is 5.63. The number of aliphatic carboxylic acids is 1. The van der Waals surface area contributed by atoms with Gasteiger partial charge in [-0.3, -0.25) is 24.5 Å². The van der Waals surface area contributed by atoms with Crippen molar-refractivity contribution in [2.45, 2.75) is 38.4 Å². The number of carboxylic acid groups (broad SMARTS) is 1. The molecule has 1 aromatic carbocycles. The summed E-state index contributed by atoms with van der Waals surface area (Å²) in [4.78, 5) is 46.1. The van der Waals surface area contributed by atoms with Crippen molar-refractivity contribution in [2.75, 3.05) is 39.6 Å². The lowest BCUT2D eigenvalue weighted by Crippen LogP contribution is -2.58. The minimum absolute atomic E-state index is 0.0295. The van der Waals surface area contributed by atoms with E-state index in [1.54, 1.807) is 18.2 Å². The van der Waals surface area contributed by atoms with Crippen LogP contribution in [0.1, 0.15) is 30.4 Å². The molecular weight excluding hydrogens is 450 g/mol. The molecule has 3 rings (SSSR count). The molecule has 1 aromatic rings. The Hall–Kier alpha value is -3.06. The monoisotopic (exact) mass is 479 g/mol. The fourth-order valence-electron chi connectivity index (χ4n) is 3.98. The molecule has 186 valence electrons. The average Bonchev–Trinajstić information content (AvgIpc) is 3.13. The molecule has 3 amide bonds. The predicted octanol–water partition coefficient (Wildman–Crippen LogP) is -0.177. The van der Waals surface area contributed by atoms with Crippen molar-refractivity contribution in [1.82, 2.24) is 10.6 Å². The van der Waals surface area contributed by atoms with Crippen LogP contribution in [-0.2, 0) is 41.7 Å². The lowest BCUT2D eigenvalue weighted by atomic mass is 10.0. The molecule has 2 unspecified atom stereocenters. The van der Waals surface area contributed by atoms with Crippen molar-refractivity contribution >= 4 is 23.7 Å². The maximum absolute atomic E-state index is 13.4. The minimum atomic E-state index is -0.924. The number of quaternary nitrogens is 1. The van der Waals surface area contributed by atoms with E-state index >= 15 is 0 Å². The van der Waals surface area contributed by atoms with Crippen LogP contribution in [0.15, 0.2) is 18.2 Å². The van der Waals surface area contributed by atoms with Crippen LogP contribution in [0.25, 0.3) is 0 Å². The molecule has 2 atom stereocenters. The number of amides is 3. The van der Waals surface area contributed by atoms with Gasteiger partial charge < -0.3 is 34.5 Å². The number of carboxylic acids is 1. The van der Waals surface area contributed by atoms with Crippen LogP contribution >= 0.6 is 0 Å². The van der Waals surface area contributed by atoms with E-state index in [2.05, 4.69) is 10.6 Å². The Labute approximate surface area is 196 Å². The number of carbonyl (C=O) groups excluding carboxylic acids is 3. The summed E-state index contributed by atoms with van der Waals surface area (Å²) in [6.07, 6.45) is 0.281. The topological polar surface area (TPSA) is 163 Å². The van der Waals surface area contributed by atoms with Gasteiger partial charge in [-0.25, -0.2) is 0 Å². The largest absolute Gasteiger partial charge is 0.632 e. The predicted molar refractivity (Wildman–Crippen MR) is 116 cm³/mol. The van der Waals surface area contributed by atoms with E-state index in [0.29, 0.717) is 11.3 Å². The van der Waals surface area contributed by atoms with E-state index in [9.17, 15) is 24.4 Å². The zero-order valence-electron chi connectivity index (χ0n) is 18.7. The first-order chi connectivity index (χ1) is 16.3. The fourth-order valence-corrected chi connectivity index (χ4v) is 3.98. The molecule has 0 radical (unpaired) electrons. The van der Waals surface area contributed by atoms with E-state index in [1.165, 1.54) is 0 Å². The standard InChI is InChI=1S/C22H29N3O9/c26-19-5-4-17(22(30)24-19)25(31)12-15-2-1-3-18(16(15)13-25)34-14-20(27)23-7-9-33-11-10-32-8-6-21(28)29/h1-3,17H,4-14H2,(H,23,27)(H,28,29)(H,24,26,30). The number of hydrogen-bond acceptors (Lipinski definition) is 8. The number of benzene rings is 1. The molecule has 2 heterocycles. The number of hydrogen-bond donors (Lipinski definition) is 3. The summed E-state index contributed by atoms with van der Waals surface area (Å²) in [5.41, 5.74) is 1.43. The lowest BCUT2D eigenvalue weighted by molar-refractivity contribution is -0.916. The molecule has 2 aliphatic heterocycles. The molecular formula is C22H29N3O9. The first kappa shape index (κ1) is 25.6. The highest BCUT2D eigenvalue weighted by Gasteiger charge is 2.43. The first-order valence-corrected chi connectivity index (χ1v) is 11.1. The summed E-state index contributed by atoms with van der Waals surface area (Å²) in [6, 6.07) is 4.36. The smallest absolute Gasteiger partial charge is 0.305 e. The van der Waals surface area contributed by atoms with Crippen LogP contribution < -0.4 is 15.4 Å². The third kappa shape index (κ3) is 6.97. The highest BCUT2D eigenvalue weighted by atomic mass is 16.6. The van der Waals surface area contributed by atoms with Crippen molar-refractivity contribution in [2.24, 2.45) is 0 Å². The van der Waals surface area contributed by atoms with Gasteiger partial charge in [-0.1, -0.05) is 12.1 Å². The van der Waals surface area contributed by atoms with Crippen molar-refractivity contribution in [1.29, 1.82) is 0 Å². The van der Waals surface area contributed by atoms with E-state index in [1.807, 2.05) is 0 Å². The number of nitrogens with zero attached hydrogens (tertiary/aromatic N) is 1. The van der Waals surface area contributed by atoms with Gasteiger partial charge in [0.1, 0.15) is 18.8 Å². The zero-order chi connectivity index (χ0) is 24.6. The number of rotatable bonds is 13. The van der Waals surface area contributed by atoms with Crippen LogP contribution in [-0.4, -0.2) is 79.1 Å². The zero-order valence-corrected chi connectivity index (χ0v) is 18.7. The maximum Gasteiger partial charge on any atom is 0.305 e. The van der Waals surface area contributed by atoms with Crippen LogP contribution in [0.3, 0.4) is 0 Å². The van der Waals surface area contributed by atoms with Crippen molar-refractivity contribution in [3.8, 4) is 5.75 Å². The number of fused-ring (bicyclic) bond motifs is 1. The SMILES string of the molecule is O=C(O)CCOCCOCCNC(=O)COc1cccc2c1C[N+]([O-])(C1CCC(=O)NC1=O)C2. The van der Waals surface area contributed by atoms with E-state index in [-0.39, 0.29) is 83.7 Å². The van der Waals surface area contributed by atoms with Crippen LogP contribution in [0.5, 0.6) is 5.75 Å². The molecule has 2 aliphatic rings. The molecule has 3 N–H and O–H groups in total. The quantitative estimate of drug-likeness (QED) is 0.151. The number of hydroxylamine groups is 3. The number of nitrogens with one attached hydrogen (secondary N) is 2. The number of ether oxygens (including phenoxy) is 3. The number of carbonyl (C=O) groups is 4. The van der Waals surface area contributed by atoms with Gasteiger partial charge in [0.05, 0.1) is 38.4 Å². The Kier molecular flexibility index (Phi) is 8.93. The summed E-state index contributed by atoms with van der Waals surface area (Å²) < 4.78 is 15.3. The number of imide groups is 1. The fraction of sp³-hybridized carbons (Fsp3) is 0.545. The van der Waals surface area contributed by atoms with E-state index in [4.69, 9.17) is 19.3 Å². The molecule has 34 heavy (non-hydrogen) atoms. The van der Waals surface area contributed by atoms with Gasteiger partial charge in [-0.2, -0.15) is 0 Å². The molecule has 12 heteroatoms. The Morgan fingerprint density at radius 3 is 2.65 bits per heavy atom. The molecule has 12 nitrogen and oxygen atoms in total. The van der Waals surface area contributed by atoms with Crippen molar-refractivity contribution in [3.63, 3.8) is 0 Å². The van der Waals surface area contributed by atoms with Gasteiger partial charge in [0.25, 0.3) is 11.8 Å². The van der Waals surface area contributed by atoms with Crippen LogP contribution in [0, 0.1) is 5.21 Å². The first-order valence-electron chi connectivity index (χ1n) is 11.1. The molecule has 0 aliphatic carbocycles. The molecule has 0 bridgehead atoms. The van der Waals surface area contributed by atoms with Gasteiger partial charge in [0.2, 0.25) is 5.91 Å². The molecule has 0 aromatic heterocycles. The van der Waals surface area contributed by atoms with Crippen LogP contribution in [0.4, 0.5) is 0 Å². The van der Waals surface area contributed by atoms with E-state index < -0.39 is 22.6 Å². The van der Waals surface area contributed by atoms with Crippen molar-refractivity contribution < 1.29 is 43.1 Å². The Bertz CT molecular complexity index is 923. The van der Waals surface area contributed by atoms with Crippen molar-refractivity contribution in [3.05, 3.63) is 34.5 Å². The average molecular weight is 479 g/mol. The van der Waals surface area contributed by atoms with Gasteiger partial charge >= 0.3 is 5.97 Å². The highest BCUT2D eigenvalue weighted by molar-refractivity contribution is 5.99. The summed E-state index contributed by atoms with van der Waals surface area (Å²) >= 11 is 0. The van der Waals surface area contributed by atoms with Gasteiger partial charge in [0, 0.05) is 24.9 Å². The second kappa shape index (κ2) is 11.9. The minimum Gasteiger partial charge on any atom is -0.632 e. The second-order valence-electron chi connectivity index (χ2n) is 8.14. The Morgan fingerprint density at radius 2 is 1.91 bits per heavy atom. The summed E-state index contributed by atoms with van der Waals surface area (Å²) in [5, 5.41) is 26.8. The normalized spacial score (nSPS) is 21.6. The lowest BCUT2D eigenvalue weighted by Gasteiger charge is -2.45. The third-order valence-electron chi connectivity index (χ3n) is 5.63. The molecule has 1 saturated heterocycles. The van der Waals surface area contributed by atoms with E-state index in [0.717, 1.165) is 5.56 Å². The Balaban J connectivity index is 1.39. The molecule has 1 fully saturated rings. The number of piperidine rings is 1. The summed E-state index contributed by atoms with van der Waals surface area (Å²) in [5.74, 6) is -1.77. The van der Waals surface area contributed by atoms with Gasteiger partial charge in [-0.05, 0) is 6.07 Å². The maximum atomic E-state index is 13.4. The van der Waals surface area contributed by atoms with Gasteiger partial charge in [-0.15, -0.1) is 0 Å². The summed E-state index contributed by atoms with van der Waals surface area (Å²) in [7, 11) is 0. The Morgan fingerprint density at radius 1 is 1.15 bits per heavy atom. The highest BCUT2D eigenvalue weighted by Crippen LogP contribution is 2.38.